The Morgan fingerprint density at radius 2 is 2.07 bits per heavy atom. The molecule has 1 atom stereocenters. The highest BCUT2D eigenvalue weighted by molar-refractivity contribution is 5.07. The smallest absolute Gasteiger partial charge is 0.0197 e. The molecule has 1 saturated carbocycles. The lowest BCUT2D eigenvalue weighted by Gasteiger charge is -2.35. The summed E-state index contributed by atoms with van der Waals surface area (Å²) in [6.07, 6.45) is 5.08. The van der Waals surface area contributed by atoms with Gasteiger partial charge in [0.15, 0.2) is 0 Å². The van der Waals surface area contributed by atoms with Gasteiger partial charge in [-0.15, -0.1) is 0 Å². The molecule has 0 bridgehead atoms. The Kier molecular flexibility index (Phi) is 2.39. The van der Waals surface area contributed by atoms with Crippen LogP contribution in [0.1, 0.15) is 46.5 Å². The monoisotopic (exact) mass is 196 g/mol. The maximum absolute atomic E-state index is 6.27. The van der Waals surface area contributed by atoms with Crippen molar-refractivity contribution in [2.75, 3.05) is 13.1 Å². The minimum absolute atomic E-state index is 0.235. The first-order valence-corrected chi connectivity index (χ1v) is 6.02. The Morgan fingerprint density at radius 3 is 2.57 bits per heavy atom. The Bertz CT molecular complexity index is 218. The van der Waals surface area contributed by atoms with E-state index in [4.69, 9.17) is 5.73 Å². The van der Waals surface area contributed by atoms with Crippen molar-refractivity contribution in [3.05, 3.63) is 0 Å². The lowest BCUT2D eigenvalue weighted by molar-refractivity contribution is 0.141. The van der Waals surface area contributed by atoms with Gasteiger partial charge < -0.3 is 5.73 Å². The van der Waals surface area contributed by atoms with Crippen LogP contribution in [0.25, 0.3) is 0 Å². The molecule has 2 heteroatoms. The summed E-state index contributed by atoms with van der Waals surface area (Å²) in [5.41, 5.74) is 6.88. The second kappa shape index (κ2) is 3.21. The Hall–Kier alpha value is -0.0800. The molecule has 2 nitrogen and oxygen atoms in total. The summed E-state index contributed by atoms with van der Waals surface area (Å²) >= 11 is 0. The first-order valence-electron chi connectivity index (χ1n) is 6.02. The topological polar surface area (TPSA) is 29.3 Å². The van der Waals surface area contributed by atoms with Gasteiger partial charge in [-0.2, -0.15) is 0 Å². The standard InChI is InChI=1S/C12H24N2/c1-4-11(2,3)14-8-5-10(9-14)12(13)6-7-12/h10H,4-9,13H2,1-3H3. The van der Waals surface area contributed by atoms with Gasteiger partial charge in [-0.25, -0.2) is 0 Å². The molecule has 0 radical (unpaired) electrons. The quantitative estimate of drug-likeness (QED) is 0.748. The molecule has 82 valence electrons. The van der Waals surface area contributed by atoms with Crippen LogP contribution < -0.4 is 5.73 Å². The van der Waals surface area contributed by atoms with E-state index in [1.54, 1.807) is 0 Å². The van der Waals surface area contributed by atoms with Gasteiger partial charge in [0.25, 0.3) is 0 Å². The van der Waals surface area contributed by atoms with Gasteiger partial charge in [0.2, 0.25) is 0 Å². The average Bonchev–Trinajstić information content (AvgIpc) is 2.72. The summed E-state index contributed by atoms with van der Waals surface area (Å²) in [5.74, 6) is 0.772. The third kappa shape index (κ3) is 1.70. The highest BCUT2D eigenvalue weighted by Crippen LogP contribution is 2.44. The van der Waals surface area contributed by atoms with Crippen LogP contribution in [0.15, 0.2) is 0 Å². The van der Waals surface area contributed by atoms with Gasteiger partial charge in [0.05, 0.1) is 0 Å². The zero-order valence-electron chi connectivity index (χ0n) is 9.84. The largest absolute Gasteiger partial charge is 0.325 e. The molecule has 2 rings (SSSR count). The first kappa shape index (κ1) is 10.4. The highest BCUT2D eigenvalue weighted by atomic mass is 15.2. The molecular formula is C12H24N2. The van der Waals surface area contributed by atoms with E-state index in [9.17, 15) is 0 Å². The fourth-order valence-electron chi connectivity index (χ4n) is 2.56. The molecule has 1 unspecified atom stereocenters. The first-order chi connectivity index (χ1) is 6.48. The SMILES string of the molecule is CCC(C)(C)N1CCC(C2(N)CC2)C1. The van der Waals surface area contributed by atoms with Gasteiger partial charge in [-0.1, -0.05) is 6.92 Å². The van der Waals surface area contributed by atoms with Crippen LogP contribution in [0.3, 0.4) is 0 Å². The minimum atomic E-state index is 0.235. The van der Waals surface area contributed by atoms with Crippen LogP contribution in [0, 0.1) is 5.92 Å². The molecule has 1 saturated heterocycles. The van der Waals surface area contributed by atoms with Gasteiger partial charge >= 0.3 is 0 Å². The van der Waals surface area contributed by atoms with Crippen LogP contribution in [0.4, 0.5) is 0 Å². The van der Waals surface area contributed by atoms with E-state index in [0.29, 0.717) is 5.54 Å². The van der Waals surface area contributed by atoms with E-state index in [-0.39, 0.29) is 5.54 Å². The Balaban J connectivity index is 1.94. The number of nitrogens with zero attached hydrogens (tertiary/aromatic N) is 1. The summed E-state index contributed by atoms with van der Waals surface area (Å²) in [5, 5.41) is 0. The second-order valence-corrected chi connectivity index (χ2v) is 5.83. The normalized spacial score (nSPS) is 32.1. The number of rotatable bonds is 3. The lowest BCUT2D eigenvalue weighted by Crippen LogP contribution is -2.43. The molecule has 0 amide bonds. The fraction of sp³-hybridized carbons (Fsp3) is 1.00. The predicted molar refractivity (Wildman–Crippen MR) is 60.2 cm³/mol. The summed E-state index contributed by atoms with van der Waals surface area (Å²) in [4.78, 5) is 2.63. The van der Waals surface area contributed by atoms with E-state index >= 15 is 0 Å². The average molecular weight is 196 g/mol. The molecule has 2 fully saturated rings. The molecule has 1 aliphatic carbocycles. The van der Waals surface area contributed by atoms with Crippen molar-refractivity contribution in [3.8, 4) is 0 Å². The van der Waals surface area contributed by atoms with Crippen molar-refractivity contribution in [2.24, 2.45) is 11.7 Å². The molecule has 2 N–H and O–H groups in total. The van der Waals surface area contributed by atoms with Gasteiger partial charge in [0.1, 0.15) is 0 Å². The van der Waals surface area contributed by atoms with Crippen molar-refractivity contribution in [1.82, 2.24) is 4.90 Å². The van der Waals surface area contributed by atoms with E-state index in [0.717, 1.165) is 5.92 Å². The zero-order chi connectivity index (χ0) is 10.4. The van der Waals surface area contributed by atoms with Gasteiger partial charge in [0, 0.05) is 17.6 Å². The van der Waals surface area contributed by atoms with Gasteiger partial charge in [-0.05, 0) is 52.0 Å². The lowest BCUT2D eigenvalue weighted by atomic mass is 9.96. The Morgan fingerprint density at radius 1 is 1.43 bits per heavy atom. The molecule has 2 aliphatic rings. The maximum atomic E-state index is 6.27. The van der Waals surface area contributed by atoms with Crippen molar-refractivity contribution in [1.29, 1.82) is 0 Å². The van der Waals surface area contributed by atoms with Crippen molar-refractivity contribution < 1.29 is 0 Å². The molecule has 0 aromatic heterocycles. The summed E-state index contributed by atoms with van der Waals surface area (Å²) in [6, 6.07) is 0. The molecule has 1 heterocycles. The molecule has 14 heavy (non-hydrogen) atoms. The van der Waals surface area contributed by atoms with Crippen LogP contribution in [0.2, 0.25) is 0 Å². The van der Waals surface area contributed by atoms with Crippen LogP contribution in [-0.4, -0.2) is 29.1 Å². The molecule has 0 aromatic carbocycles. The summed E-state index contributed by atoms with van der Waals surface area (Å²) < 4.78 is 0. The molecule has 1 aliphatic heterocycles. The fourth-order valence-corrected chi connectivity index (χ4v) is 2.56. The van der Waals surface area contributed by atoms with E-state index < -0.39 is 0 Å². The summed E-state index contributed by atoms with van der Waals surface area (Å²) in [7, 11) is 0. The van der Waals surface area contributed by atoms with Crippen LogP contribution in [0.5, 0.6) is 0 Å². The minimum Gasteiger partial charge on any atom is -0.325 e. The van der Waals surface area contributed by atoms with Crippen molar-refractivity contribution in [2.45, 2.75) is 57.5 Å². The highest BCUT2D eigenvalue weighted by Gasteiger charge is 2.49. The molecule has 0 aromatic rings. The predicted octanol–water partition coefficient (Wildman–Crippen LogP) is 1.99. The molecule has 0 spiro atoms. The van der Waals surface area contributed by atoms with Crippen molar-refractivity contribution >= 4 is 0 Å². The molecular weight excluding hydrogens is 172 g/mol. The number of likely N-dealkylation sites (tertiary alicyclic amines) is 1. The second-order valence-electron chi connectivity index (χ2n) is 5.83. The van der Waals surface area contributed by atoms with Crippen LogP contribution >= 0.6 is 0 Å². The number of nitrogens with two attached hydrogens (primary N) is 1. The van der Waals surface area contributed by atoms with E-state index in [2.05, 4.69) is 25.7 Å². The van der Waals surface area contributed by atoms with Crippen molar-refractivity contribution in [3.63, 3.8) is 0 Å². The zero-order valence-corrected chi connectivity index (χ0v) is 9.84. The summed E-state index contributed by atoms with van der Waals surface area (Å²) in [6.45, 7) is 9.47. The Labute approximate surface area is 87.8 Å². The maximum Gasteiger partial charge on any atom is 0.0197 e. The number of hydrogen-bond donors (Lipinski definition) is 1. The van der Waals surface area contributed by atoms with Gasteiger partial charge in [-0.3, -0.25) is 4.90 Å². The van der Waals surface area contributed by atoms with Crippen LogP contribution in [-0.2, 0) is 0 Å². The third-order valence-corrected chi connectivity index (χ3v) is 4.55. The van der Waals surface area contributed by atoms with E-state index in [1.807, 2.05) is 0 Å². The third-order valence-electron chi connectivity index (χ3n) is 4.55. The van der Waals surface area contributed by atoms with E-state index in [1.165, 1.54) is 38.8 Å². The number of hydrogen-bond acceptors (Lipinski definition) is 2.